The van der Waals surface area contributed by atoms with Crippen LogP contribution in [0, 0.1) is 12.3 Å². The highest BCUT2D eigenvalue weighted by Crippen LogP contribution is 2.33. The Labute approximate surface area is 163 Å². The van der Waals surface area contributed by atoms with Crippen LogP contribution in [0.4, 0.5) is 11.5 Å². The van der Waals surface area contributed by atoms with Crippen molar-refractivity contribution in [2.24, 2.45) is 16.5 Å². The van der Waals surface area contributed by atoms with Gasteiger partial charge in [0, 0.05) is 10.8 Å². The third-order valence-electron chi connectivity index (χ3n) is 4.06. The third kappa shape index (κ3) is 3.56. The second-order valence-corrected chi connectivity index (χ2v) is 8.12. The summed E-state index contributed by atoms with van der Waals surface area (Å²) in [5.41, 5.74) is 11.6. The van der Waals surface area contributed by atoms with Crippen LogP contribution in [0.1, 0.15) is 0 Å². The molecule has 0 radical (unpaired) electrons. The maximum atomic E-state index is 13.7. The first-order chi connectivity index (χ1) is 13.3. The molecule has 3 aromatic rings. The molecule has 0 bridgehead atoms. The van der Waals surface area contributed by atoms with Crippen LogP contribution in [0.25, 0.3) is 10.8 Å². The minimum absolute atomic E-state index is 0.0461. The van der Waals surface area contributed by atoms with Crippen molar-refractivity contribution in [2.75, 3.05) is 10.8 Å². The Morgan fingerprint density at radius 1 is 1.25 bits per heavy atom. The van der Waals surface area contributed by atoms with Crippen molar-refractivity contribution < 1.29 is 9.32 Å². The summed E-state index contributed by atoms with van der Waals surface area (Å²) in [5.74, 6) is 6.44. The molecular weight excluding hydrogens is 374 g/mol. The number of hydrogen-bond acceptors (Lipinski definition) is 4. The van der Waals surface area contributed by atoms with Gasteiger partial charge in [0.05, 0.1) is 33.0 Å². The average Bonchev–Trinajstić information content (AvgIpc) is 2.68. The van der Waals surface area contributed by atoms with Gasteiger partial charge >= 0.3 is 0 Å². The Bertz CT molecular complexity index is 1190. The van der Waals surface area contributed by atoms with Gasteiger partial charge in [0.25, 0.3) is 0 Å². The number of nitrogens with zero attached hydrogens (tertiary/aromatic N) is 3. The zero-order chi connectivity index (χ0) is 20.3. The molecule has 0 amide bonds. The van der Waals surface area contributed by atoms with Crippen LogP contribution in [0.5, 0.6) is 5.75 Å². The van der Waals surface area contributed by atoms with E-state index < -0.39 is 9.71 Å². The Morgan fingerprint density at radius 3 is 2.61 bits per heavy atom. The Kier molecular flexibility index (Phi) is 5.11. The van der Waals surface area contributed by atoms with Crippen molar-refractivity contribution in [1.82, 2.24) is 4.98 Å². The van der Waals surface area contributed by atoms with E-state index in [4.69, 9.17) is 17.9 Å². The van der Waals surface area contributed by atoms with E-state index in [0.29, 0.717) is 21.4 Å². The number of aromatic hydroxyl groups is 1. The number of nitrogens with two attached hydrogens (primary N) is 2. The number of fused-ring (bicyclic) bond motifs is 1. The predicted octanol–water partition coefficient (Wildman–Crippen LogP) is 1.98. The summed E-state index contributed by atoms with van der Waals surface area (Å²) in [6.45, 7) is 0.101. The van der Waals surface area contributed by atoms with Gasteiger partial charge in [-0.3, -0.25) is 4.31 Å². The van der Waals surface area contributed by atoms with Crippen LogP contribution >= 0.6 is 0 Å². The molecule has 142 valence electrons. The average molecular weight is 393 g/mol. The van der Waals surface area contributed by atoms with E-state index in [1.807, 2.05) is 18.2 Å². The number of terminal acetylenes is 1. The zero-order valence-electron chi connectivity index (χ0n) is 14.9. The summed E-state index contributed by atoms with van der Waals surface area (Å²) < 4.78 is 15.3. The van der Waals surface area contributed by atoms with E-state index in [1.54, 1.807) is 34.6 Å². The minimum atomic E-state index is -3.00. The zero-order valence-corrected chi connectivity index (χ0v) is 15.8. The molecule has 8 heteroatoms. The van der Waals surface area contributed by atoms with Crippen LogP contribution in [0.3, 0.4) is 0 Å². The second-order valence-electron chi connectivity index (χ2n) is 5.93. The van der Waals surface area contributed by atoms with E-state index >= 15 is 0 Å². The topological polar surface area (TPSA) is 118 Å². The molecule has 3 rings (SSSR count). The summed E-state index contributed by atoms with van der Waals surface area (Å²) in [7, 11) is -3.00. The quantitative estimate of drug-likeness (QED) is 0.265. The largest absolute Gasteiger partial charge is 0.506 e. The van der Waals surface area contributed by atoms with Crippen LogP contribution < -0.4 is 15.8 Å². The van der Waals surface area contributed by atoms with Gasteiger partial charge in [-0.25, -0.2) is 9.19 Å². The van der Waals surface area contributed by atoms with Gasteiger partial charge in [0.15, 0.2) is 11.8 Å². The molecule has 0 aliphatic carbocycles. The minimum Gasteiger partial charge on any atom is -0.506 e. The van der Waals surface area contributed by atoms with E-state index in [-0.39, 0.29) is 24.1 Å². The molecular formula is C20H19N5O2S. The monoisotopic (exact) mass is 393 g/mol. The number of anilines is 1. The highest BCUT2D eigenvalue weighted by atomic mass is 32.2. The summed E-state index contributed by atoms with van der Waals surface area (Å²) in [6, 6.07) is 14.0. The summed E-state index contributed by atoms with van der Waals surface area (Å²) in [6.07, 6.45) is 6.75. The van der Waals surface area contributed by atoms with E-state index in [2.05, 4.69) is 21.8 Å². The van der Waals surface area contributed by atoms with Crippen molar-refractivity contribution in [3.8, 4) is 18.1 Å². The first-order valence-corrected chi connectivity index (χ1v) is 9.88. The third-order valence-corrected chi connectivity index (χ3v) is 6.10. The molecule has 1 atom stereocenters. The van der Waals surface area contributed by atoms with E-state index in [9.17, 15) is 9.32 Å². The molecule has 0 saturated heterocycles. The summed E-state index contributed by atoms with van der Waals surface area (Å²) in [4.78, 5) is 8.44. The number of hydrogen-bond donors (Lipinski definition) is 3. The lowest BCUT2D eigenvalue weighted by atomic mass is 10.1. The SMILES string of the molecule is C#CCN(c1ccccc1)S(=C)(=O)c1ccc2c(O)cnc(N=C(N)N)c2c1. The van der Waals surface area contributed by atoms with Crippen molar-refractivity contribution in [3.63, 3.8) is 0 Å². The summed E-state index contributed by atoms with van der Waals surface area (Å²) >= 11 is 0. The van der Waals surface area contributed by atoms with Crippen LogP contribution in [0.15, 0.2) is 64.6 Å². The van der Waals surface area contributed by atoms with Crippen molar-refractivity contribution in [3.05, 3.63) is 54.7 Å². The maximum absolute atomic E-state index is 13.7. The first kappa shape index (κ1) is 19.1. The lowest BCUT2D eigenvalue weighted by Crippen LogP contribution is -2.31. The highest BCUT2D eigenvalue weighted by molar-refractivity contribution is 8.01. The molecule has 2 aromatic carbocycles. The van der Waals surface area contributed by atoms with Crippen LogP contribution in [-0.4, -0.2) is 32.7 Å². The number of benzene rings is 2. The molecule has 0 spiro atoms. The molecule has 1 unspecified atom stereocenters. The van der Waals surface area contributed by atoms with Gasteiger partial charge in [-0.1, -0.05) is 24.1 Å². The molecule has 1 aromatic heterocycles. The lowest BCUT2D eigenvalue weighted by Gasteiger charge is -2.27. The number of pyridine rings is 1. The lowest BCUT2D eigenvalue weighted by molar-refractivity contribution is 0.479. The Morgan fingerprint density at radius 2 is 1.96 bits per heavy atom. The molecule has 0 aliphatic rings. The van der Waals surface area contributed by atoms with Gasteiger partial charge in [-0.15, -0.1) is 6.42 Å². The van der Waals surface area contributed by atoms with Crippen molar-refractivity contribution in [1.29, 1.82) is 0 Å². The van der Waals surface area contributed by atoms with E-state index in [1.165, 1.54) is 6.20 Å². The fraction of sp³-hybridized carbons (Fsp3) is 0.0500. The van der Waals surface area contributed by atoms with Crippen molar-refractivity contribution in [2.45, 2.75) is 4.90 Å². The first-order valence-electron chi connectivity index (χ1n) is 8.19. The number of aromatic nitrogens is 1. The van der Waals surface area contributed by atoms with Gasteiger partial charge in [-0.05, 0) is 36.2 Å². The van der Waals surface area contributed by atoms with Gasteiger partial charge < -0.3 is 16.6 Å². The van der Waals surface area contributed by atoms with Gasteiger partial charge in [-0.2, -0.15) is 4.99 Å². The molecule has 28 heavy (non-hydrogen) atoms. The Hall–Kier alpha value is -3.70. The number of rotatable bonds is 5. The smallest absolute Gasteiger partial charge is 0.192 e. The van der Waals surface area contributed by atoms with Crippen LogP contribution in [-0.2, 0) is 9.71 Å². The molecule has 0 saturated carbocycles. The maximum Gasteiger partial charge on any atom is 0.192 e. The Balaban J connectivity index is 2.21. The van der Waals surface area contributed by atoms with E-state index in [0.717, 1.165) is 0 Å². The van der Waals surface area contributed by atoms with Crippen molar-refractivity contribution >= 4 is 43.8 Å². The van der Waals surface area contributed by atoms with Gasteiger partial charge in [0.1, 0.15) is 5.75 Å². The molecule has 0 aliphatic heterocycles. The summed E-state index contributed by atoms with van der Waals surface area (Å²) in [5, 5.41) is 11.0. The molecule has 7 nitrogen and oxygen atoms in total. The standard InChI is InChI=1S/C20H19N5O2S/c1-3-11-25(14-7-5-4-6-8-14)28(2,27)15-9-10-16-17(12-15)19(24-20(21)22)23-13-18(16)26/h1,4-10,12-13,26H,2,11H2,(H4,21,22,23,24). The normalized spacial score (nSPS) is 12.7. The molecule has 0 fully saturated rings. The van der Waals surface area contributed by atoms with Crippen LogP contribution in [0.2, 0.25) is 0 Å². The number of guanidine groups is 1. The fourth-order valence-corrected chi connectivity index (χ4v) is 4.36. The molecule has 1 heterocycles. The number of aliphatic imine (C=N–C) groups is 1. The molecule has 5 N–H and O–H groups in total. The second kappa shape index (κ2) is 7.50. The number of para-hydroxylation sites is 1. The van der Waals surface area contributed by atoms with Gasteiger partial charge in [0.2, 0.25) is 0 Å². The highest BCUT2D eigenvalue weighted by Gasteiger charge is 2.20. The fourth-order valence-electron chi connectivity index (χ4n) is 2.77. The predicted molar refractivity (Wildman–Crippen MR) is 115 cm³/mol.